The molecule has 1 atom stereocenters. The lowest BCUT2D eigenvalue weighted by atomic mass is 9.91. The topological polar surface area (TPSA) is 94.4 Å². The summed E-state index contributed by atoms with van der Waals surface area (Å²) in [5.74, 6) is 2.16. The second kappa shape index (κ2) is 6.85. The number of nitrogens with one attached hydrogen (secondary N) is 1. The number of aromatic nitrogens is 4. The zero-order valence-corrected chi connectivity index (χ0v) is 16.1. The number of tetrazole rings is 1. The zero-order valence-electron chi connectivity index (χ0n) is 16.1. The second-order valence-electron chi connectivity index (χ2n) is 7.21. The molecular weight excluding hydrogens is 372 g/mol. The Bertz CT molecular complexity index is 1080. The monoisotopic (exact) mass is 392 g/mol. The van der Waals surface area contributed by atoms with Gasteiger partial charge in [0.1, 0.15) is 0 Å². The second-order valence-corrected chi connectivity index (χ2v) is 7.21. The molecular formula is C20H20N6O3. The molecule has 0 saturated carbocycles. The number of nitrogens with zero attached hydrogens (tertiary/aromatic N) is 5. The van der Waals surface area contributed by atoms with Gasteiger partial charge < -0.3 is 14.8 Å². The van der Waals surface area contributed by atoms with Crippen LogP contribution in [0.2, 0.25) is 0 Å². The number of likely N-dealkylation sites (N-methyl/N-ethyl adjacent to an activating group) is 1. The Hall–Kier alpha value is -3.46. The van der Waals surface area contributed by atoms with Gasteiger partial charge in [0.25, 0.3) is 0 Å². The van der Waals surface area contributed by atoms with Gasteiger partial charge in [0, 0.05) is 19.2 Å². The van der Waals surface area contributed by atoms with Crippen molar-refractivity contribution in [3.63, 3.8) is 0 Å². The summed E-state index contributed by atoms with van der Waals surface area (Å²) in [6.07, 6.45) is 0.923. The SMILES string of the molecule is CC(=O)Nc1ccc(-n2nnnc2[C@H]2c3cc4c(cc3CCN2C)OCO4)cc1. The highest BCUT2D eigenvalue weighted by molar-refractivity contribution is 5.88. The van der Waals surface area contributed by atoms with Gasteiger partial charge in [-0.05, 0) is 71.4 Å². The quantitative estimate of drug-likeness (QED) is 0.728. The molecule has 0 saturated heterocycles. The van der Waals surface area contributed by atoms with E-state index in [1.807, 2.05) is 30.3 Å². The fraction of sp³-hybridized carbons (Fsp3) is 0.300. The van der Waals surface area contributed by atoms with Crippen LogP contribution in [0, 0.1) is 0 Å². The fourth-order valence-electron chi connectivity index (χ4n) is 3.91. The number of anilines is 1. The smallest absolute Gasteiger partial charge is 0.231 e. The van der Waals surface area contributed by atoms with Crippen LogP contribution in [-0.4, -0.2) is 51.4 Å². The van der Waals surface area contributed by atoms with Gasteiger partial charge in [-0.15, -0.1) is 5.10 Å². The van der Waals surface area contributed by atoms with E-state index in [0.717, 1.165) is 47.2 Å². The number of benzene rings is 2. The Morgan fingerprint density at radius 2 is 1.93 bits per heavy atom. The van der Waals surface area contributed by atoms with Crippen LogP contribution in [0.4, 0.5) is 5.69 Å². The molecule has 0 aliphatic carbocycles. The van der Waals surface area contributed by atoms with Crippen molar-refractivity contribution >= 4 is 11.6 Å². The van der Waals surface area contributed by atoms with Crippen molar-refractivity contribution in [2.45, 2.75) is 19.4 Å². The van der Waals surface area contributed by atoms with Crippen molar-refractivity contribution in [3.8, 4) is 17.2 Å². The molecule has 5 rings (SSSR count). The molecule has 0 fully saturated rings. The van der Waals surface area contributed by atoms with Crippen LogP contribution in [-0.2, 0) is 11.2 Å². The molecule has 0 unspecified atom stereocenters. The van der Waals surface area contributed by atoms with E-state index in [2.05, 4.69) is 38.9 Å². The normalized spacial score (nSPS) is 17.8. The number of carbonyl (C=O) groups is 1. The van der Waals surface area contributed by atoms with Gasteiger partial charge in [-0.25, -0.2) is 0 Å². The predicted octanol–water partition coefficient (Wildman–Crippen LogP) is 1.93. The van der Waals surface area contributed by atoms with Crippen molar-refractivity contribution in [3.05, 3.63) is 53.3 Å². The third kappa shape index (κ3) is 3.09. The molecule has 9 nitrogen and oxygen atoms in total. The third-order valence-electron chi connectivity index (χ3n) is 5.27. The van der Waals surface area contributed by atoms with E-state index in [0.29, 0.717) is 0 Å². The standard InChI is InChI=1S/C20H20N6O3/c1-12(27)21-14-3-5-15(6-4-14)26-20(22-23-24-26)19-16-10-18-17(28-11-29-18)9-13(16)7-8-25(19)2/h3-6,9-10,19H,7-8,11H2,1-2H3,(H,21,27)/t19-/m1/s1. The molecule has 3 aromatic rings. The maximum absolute atomic E-state index is 11.2. The van der Waals surface area contributed by atoms with E-state index >= 15 is 0 Å². The lowest BCUT2D eigenvalue weighted by Crippen LogP contribution is -2.34. The Balaban J connectivity index is 1.55. The molecule has 1 amide bonds. The van der Waals surface area contributed by atoms with E-state index in [4.69, 9.17) is 9.47 Å². The lowest BCUT2D eigenvalue weighted by Gasteiger charge is -2.33. The van der Waals surface area contributed by atoms with Gasteiger partial charge in [-0.1, -0.05) is 0 Å². The van der Waals surface area contributed by atoms with Crippen LogP contribution in [0.3, 0.4) is 0 Å². The maximum atomic E-state index is 11.2. The summed E-state index contributed by atoms with van der Waals surface area (Å²) in [7, 11) is 2.07. The summed E-state index contributed by atoms with van der Waals surface area (Å²) in [4.78, 5) is 13.5. The molecule has 29 heavy (non-hydrogen) atoms. The highest BCUT2D eigenvalue weighted by Crippen LogP contribution is 2.41. The van der Waals surface area contributed by atoms with Gasteiger partial charge >= 0.3 is 0 Å². The van der Waals surface area contributed by atoms with E-state index in [-0.39, 0.29) is 18.7 Å². The van der Waals surface area contributed by atoms with E-state index in [1.54, 1.807) is 4.68 Å². The van der Waals surface area contributed by atoms with Crippen LogP contribution in [0.5, 0.6) is 11.5 Å². The minimum Gasteiger partial charge on any atom is -0.454 e. The summed E-state index contributed by atoms with van der Waals surface area (Å²) >= 11 is 0. The number of fused-ring (bicyclic) bond motifs is 2. The Morgan fingerprint density at radius 1 is 1.17 bits per heavy atom. The van der Waals surface area contributed by atoms with Crippen LogP contribution >= 0.6 is 0 Å². The molecule has 1 N–H and O–H groups in total. The van der Waals surface area contributed by atoms with Gasteiger partial charge in [0.2, 0.25) is 12.7 Å². The van der Waals surface area contributed by atoms with Crippen molar-refractivity contribution in [2.24, 2.45) is 0 Å². The summed E-state index contributed by atoms with van der Waals surface area (Å²) in [6, 6.07) is 11.4. The molecule has 2 aromatic carbocycles. The molecule has 0 spiro atoms. The summed E-state index contributed by atoms with van der Waals surface area (Å²) in [5.41, 5.74) is 3.88. The highest BCUT2D eigenvalue weighted by Gasteiger charge is 2.33. The molecule has 148 valence electrons. The van der Waals surface area contributed by atoms with Gasteiger partial charge in [-0.3, -0.25) is 9.69 Å². The molecule has 1 aromatic heterocycles. The first kappa shape index (κ1) is 17.6. The Kier molecular flexibility index (Phi) is 4.17. The molecule has 2 aliphatic heterocycles. The molecule has 3 heterocycles. The number of rotatable bonds is 3. The van der Waals surface area contributed by atoms with Crippen LogP contribution in [0.1, 0.15) is 29.9 Å². The number of ether oxygens (including phenoxy) is 2. The van der Waals surface area contributed by atoms with Crippen LogP contribution in [0.25, 0.3) is 5.69 Å². The number of hydrogen-bond donors (Lipinski definition) is 1. The fourth-order valence-corrected chi connectivity index (χ4v) is 3.91. The molecule has 0 bridgehead atoms. The van der Waals surface area contributed by atoms with Crippen molar-refractivity contribution in [1.29, 1.82) is 0 Å². The molecule has 2 aliphatic rings. The first-order valence-corrected chi connectivity index (χ1v) is 9.39. The first-order chi connectivity index (χ1) is 14.1. The van der Waals surface area contributed by atoms with Crippen LogP contribution in [0.15, 0.2) is 36.4 Å². The van der Waals surface area contributed by atoms with Gasteiger partial charge in [0.05, 0.1) is 11.7 Å². The van der Waals surface area contributed by atoms with Gasteiger partial charge in [0.15, 0.2) is 17.3 Å². The lowest BCUT2D eigenvalue weighted by molar-refractivity contribution is -0.114. The van der Waals surface area contributed by atoms with Crippen molar-refractivity contribution in [2.75, 3.05) is 25.7 Å². The predicted molar refractivity (Wildman–Crippen MR) is 104 cm³/mol. The molecule has 0 radical (unpaired) electrons. The summed E-state index contributed by atoms with van der Waals surface area (Å²) < 4.78 is 12.9. The average molecular weight is 392 g/mol. The van der Waals surface area contributed by atoms with Crippen LogP contribution < -0.4 is 14.8 Å². The van der Waals surface area contributed by atoms with E-state index in [9.17, 15) is 4.79 Å². The minimum atomic E-state index is -0.113. The maximum Gasteiger partial charge on any atom is 0.231 e. The molecule has 9 heteroatoms. The Morgan fingerprint density at radius 3 is 2.69 bits per heavy atom. The summed E-state index contributed by atoms with van der Waals surface area (Å²) in [5, 5.41) is 15.3. The largest absolute Gasteiger partial charge is 0.454 e. The Labute approximate surface area is 167 Å². The average Bonchev–Trinajstić information content (AvgIpc) is 3.35. The van der Waals surface area contributed by atoms with E-state index < -0.39 is 0 Å². The minimum absolute atomic E-state index is 0.111. The van der Waals surface area contributed by atoms with Gasteiger partial charge in [-0.2, -0.15) is 4.68 Å². The van der Waals surface area contributed by atoms with Crippen molar-refractivity contribution < 1.29 is 14.3 Å². The van der Waals surface area contributed by atoms with E-state index in [1.165, 1.54) is 12.5 Å². The number of amides is 1. The third-order valence-corrected chi connectivity index (χ3v) is 5.27. The number of carbonyl (C=O) groups excluding carboxylic acids is 1. The highest BCUT2D eigenvalue weighted by atomic mass is 16.7. The number of hydrogen-bond acceptors (Lipinski definition) is 7. The van der Waals surface area contributed by atoms with Crippen molar-refractivity contribution in [1.82, 2.24) is 25.1 Å². The first-order valence-electron chi connectivity index (χ1n) is 9.39. The zero-order chi connectivity index (χ0) is 20.0. The summed E-state index contributed by atoms with van der Waals surface area (Å²) in [6.45, 7) is 2.61.